The Kier molecular flexibility index (Phi) is 4.73. The molecule has 0 aliphatic carbocycles. The van der Waals surface area contributed by atoms with E-state index in [9.17, 15) is 0 Å². The lowest BCUT2D eigenvalue weighted by atomic mass is 9.87. The lowest BCUT2D eigenvalue weighted by molar-refractivity contribution is 0.217. The van der Waals surface area contributed by atoms with Gasteiger partial charge >= 0.3 is 0 Å². The average Bonchev–Trinajstić information content (AvgIpc) is 2.43. The fraction of sp³-hybridized carbons (Fsp3) is 0.333. The molecule has 2 aromatic carbocycles. The average molecular weight is 285 g/mol. The number of rotatable bonds is 5. The molecule has 2 rings (SSSR count). The van der Waals surface area contributed by atoms with Crippen molar-refractivity contribution in [1.82, 2.24) is 0 Å². The van der Waals surface area contributed by atoms with E-state index in [0.717, 1.165) is 11.5 Å². The van der Waals surface area contributed by atoms with E-state index >= 15 is 0 Å². The van der Waals surface area contributed by atoms with Crippen molar-refractivity contribution in [3.05, 3.63) is 54.1 Å². The summed E-state index contributed by atoms with van der Waals surface area (Å²) in [7, 11) is 0. The highest BCUT2D eigenvalue weighted by Gasteiger charge is 2.12. The number of nitrogen functional groups attached to an aromatic ring is 1. The molecule has 3 nitrogen and oxygen atoms in total. The van der Waals surface area contributed by atoms with Crippen molar-refractivity contribution >= 4 is 5.69 Å². The Balaban J connectivity index is 1.79. The second-order valence-corrected chi connectivity index (χ2v) is 6.04. The maximum atomic E-state index is 5.69. The first kappa shape index (κ1) is 15.2. The summed E-state index contributed by atoms with van der Waals surface area (Å²) in [5.74, 6) is 1.63. The lowest BCUT2D eigenvalue weighted by Crippen LogP contribution is -2.11. The highest BCUT2D eigenvalue weighted by atomic mass is 16.5. The largest absolute Gasteiger partial charge is 0.490 e. The zero-order valence-corrected chi connectivity index (χ0v) is 12.9. The van der Waals surface area contributed by atoms with Gasteiger partial charge in [0.2, 0.25) is 0 Å². The zero-order chi connectivity index (χ0) is 15.3. The van der Waals surface area contributed by atoms with Crippen LogP contribution in [-0.2, 0) is 5.41 Å². The van der Waals surface area contributed by atoms with Gasteiger partial charge in [-0.05, 0) is 35.2 Å². The van der Waals surface area contributed by atoms with Gasteiger partial charge in [-0.3, -0.25) is 0 Å². The van der Waals surface area contributed by atoms with Crippen LogP contribution in [-0.4, -0.2) is 13.2 Å². The van der Waals surface area contributed by atoms with Crippen molar-refractivity contribution < 1.29 is 9.47 Å². The summed E-state index contributed by atoms with van der Waals surface area (Å²) in [5.41, 5.74) is 7.85. The van der Waals surface area contributed by atoms with Gasteiger partial charge in [-0.15, -0.1) is 0 Å². The molecule has 0 atom stereocenters. The van der Waals surface area contributed by atoms with Crippen LogP contribution in [0.25, 0.3) is 0 Å². The highest BCUT2D eigenvalue weighted by Crippen LogP contribution is 2.24. The maximum absolute atomic E-state index is 5.69. The minimum atomic E-state index is 0.162. The van der Waals surface area contributed by atoms with Gasteiger partial charge in [0, 0.05) is 11.8 Å². The van der Waals surface area contributed by atoms with Crippen molar-refractivity contribution in [3.8, 4) is 11.5 Å². The van der Waals surface area contributed by atoms with E-state index in [0.29, 0.717) is 18.9 Å². The molecule has 0 bridgehead atoms. The molecule has 112 valence electrons. The third-order valence-corrected chi connectivity index (χ3v) is 3.20. The lowest BCUT2D eigenvalue weighted by Gasteiger charge is -2.19. The SMILES string of the molecule is CC(C)(C)c1ccc(OCCOc2cccc(N)c2)cc1. The van der Waals surface area contributed by atoms with Gasteiger partial charge < -0.3 is 15.2 Å². The van der Waals surface area contributed by atoms with E-state index in [-0.39, 0.29) is 5.41 Å². The fourth-order valence-corrected chi connectivity index (χ4v) is 1.97. The zero-order valence-electron chi connectivity index (χ0n) is 12.9. The third-order valence-electron chi connectivity index (χ3n) is 3.20. The van der Waals surface area contributed by atoms with Crippen LogP contribution < -0.4 is 15.2 Å². The molecule has 0 saturated heterocycles. The number of anilines is 1. The van der Waals surface area contributed by atoms with Crippen LogP contribution in [0.1, 0.15) is 26.3 Å². The molecule has 0 fully saturated rings. The fourth-order valence-electron chi connectivity index (χ4n) is 1.97. The van der Waals surface area contributed by atoms with Crippen LogP contribution in [0.4, 0.5) is 5.69 Å². The first-order valence-electron chi connectivity index (χ1n) is 7.17. The second kappa shape index (κ2) is 6.53. The van der Waals surface area contributed by atoms with E-state index in [1.165, 1.54) is 5.56 Å². The molecule has 0 radical (unpaired) electrons. The van der Waals surface area contributed by atoms with Crippen molar-refractivity contribution in [2.24, 2.45) is 0 Å². The van der Waals surface area contributed by atoms with Crippen molar-refractivity contribution in [1.29, 1.82) is 0 Å². The number of nitrogens with two attached hydrogens (primary N) is 1. The smallest absolute Gasteiger partial charge is 0.122 e. The van der Waals surface area contributed by atoms with Gasteiger partial charge in [0.25, 0.3) is 0 Å². The Morgan fingerprint density at radius 2 is 1.48 bits per heavy atom. The normalized spacial score (nSPS) is 11.2. The Morgan fingerprint density at radius 1 is 0.857 bits per heavy atom. The van der Waals surface area contributed by atoms with Crippen molar-refractivity contribution in [2.45, 2.75) is 26.2 Å². The summed E-state index contributed by atoms with van der Waals surface area (Å²) in [6.45, 7) is 7.58. The van der Waals surface area contributed by atoms with Gasteiger partial charge in [-0.2, -0.15) is 0 Å². The summed E-state index contributed by atoms with van der Waals surface area (Å²) in [6.07, 6.45) is 0. The molecular formula is C18H23NO2. The van der Waals surface area contributed by atoms with Gasteiger partial charge in [0.1, 0.15) is 24.7 Å². The van der Waals surface area contributed by atoms with Gasteiger partial charge in [0.15, 0.2) is 0 Å². The molecular weight excluding hydrogens is 262 g/mol. The minimum Gasteiger partial charge on any atom is -0.490 e. The van der Waals surface area contributed by atoms with Crippen LogP contribution in [0.3, 0.4) is 0 Å². The van der Waals surface area contributed by atoms with Gasteiger partial charge in [-0.25, -0.2) is 0 Å². The molecule has 0 heterocycles. The van der Waals surface area contributed by atoms with Crippen LogP contribution in [0.15, 0.2) is 48.5 Å². The molecule has 0 amide bonds. The maximum Gasteiger partial charge on any atom is 0.122 e. The van der Waals surface area contributed by atoms with E-state index in [1.54, 1.807) is 6.07 Å². The standard InChI is InChI=1S/C18H23NO2/c1-18(2,3)14-7-9-16(10-8-14)20-11-12-21-17-6-4-5-15(19)13-17/h4-10,13H,11-12,19H2,1-3H3. The van der Waals surface area contributed by atoms with E-state index < -0.39 is 0 Å². The van der Waals surface area contributed by atoms with Gasteiger partial charge in [0.05, 0.1) is 0 Å². The first-order chi connectivity index (χ1) is 9.95. The third kappa shape index (κ3) is 4.71. The number of ether oxygens (including phenoxy) is 2. The Morgan fingerprint density at radius 3 is 2.05 bits per heavy atom. The number of benzene rings is 2. The van der Waals surface area contributed by atoms with E-state index in [1.807, 2.05) is 30.3 Å². The summed E-state index contributed by atoms with van der Waals surface area (Å²) in [6, 6.07) is 15.6. The molecule has 2 N–H and O–H groups in total. The molecule has 2 aromatic rings. The van der Waals surface area contributed by atoms with Crippen molar-refractivity contribution in [2.75, 3.05) is 18.9 Å². The molecule has 0 saturated carbocycles. The molecule has 0 aliphatic rings. The summed E-state index contributed by atoms with van der Waals surface area (Å²) >= 11 is 0. The second-order valence-electron chi connectivity index (χ2n) is 6.04. The minimum absolute atomic E-state index is 0.162. The Labute approximate surface area is 126 Å². The summed E-state index contributed by atoms with van der Waals surface area (Å²) in [5, 5.41) is 0. The van der Waals surface area contributed by atoms with Crippen LogP contribution in [0.5, 0.6) is 11.5 Å². The number of hydrogen-bond donors (Lipinski definition) is 1. The van der Waals surface area contributed by atoms with Crippen LogP contribution in [0.2, 0.25) is 0 Å². The summed E-state index contributed by atoms with van der Waals surface area (Å²) < 4.78 is 11.3. The molecule has 0 spiro atoms. The topological polar surface area (TPSA) is 44.5 Å². The predicted octanol–water partition coefficient (Wildman–Crippen LogP) is 4.02. The van der Waals surface area contributed by atoms with Crippen LogP contribution in [0, 0.1) is 0 Å². The van der Waals surface area contributed by atoms with Crippen LogP contribution >= 0.6 is 0 Å². The van der Waals surface area contributed by atoms with E-state index in [2.05, 4.69) is 32.9 Å². The quantitative estimate of drug-likeness (QED) is 0.666. The molecule has 0 unspecified atom stereocenters. The van der Waals surface area contributed by atoms with E-state index in [4.69, 9.17) is 15.2 Å². The highest BCUT2D eigenvalue weighted by molar-refractivity contribution is 5.43. The van der Waals surface area contributed by atoms with Crippen molar-refractivity contribution in [3.63, 3.8) is 0 Å². The Hall–Kier alpha value is -2.16. The predicted molar refractivity (Wildman–Crippen MR) is 87.0 cm³/mol. The summed E-state index contributed by atoms with van der Waals surface area (Å²) in [4.78, 5) is 0. The van der Waals surface area contributed by atoms with Gasteiger partial charge in [-0.1, -0.05) is 39.0 Å². The number of hydrogen-bond acceptors (Lipinski definition) is 3. The first-order valence-corrected chi connectivity index (χ1v) is 7.17. The molecule has 21 heavy (non-hydrogen) atoms. The Bertz CT molecular complexity index is 571. The monoisotopic (exact) mass is 285 g/mol. The molecule has 0 aromatic heterocycles. The molecule has 0 aliphatic heterocycles. The molecule has 3 heteroatoms.